The topological polar surface area (TPSA) is 172 Å². The van der Waals surface area contributed by atoms with E-state index in [2.05, 4.69) is 20.0 Å². The van der Waals surface area contributed by atoms with E-state index in [1.165, 1.54) is 0 Å². The highest BCUT2D eigenvalue weighted by atomic mass is 17.8. The van der Waals surface area contributed by atoms with Gasteiger partial charge in [0, 0.05) is 0 Å². The lowest BCUT2D eigenvalue weighted by Gasteiger charge is -2.08. The molecule has 0 amide bonds. The van der Waals surface area contributed by atoms with Crippen molar-refractivity contribution in [2.24, 2.45) is 0 Å². The van der Waals surface area contributed by atoms with E-state index in [-0.39, 0.29) is 6.10 Å². The summed E-state index contributed by atoms with van der Waals surface area (Å²) in [6, 6.07) is 0. The van der Waals surface area contributed by atoms with Gasteiger partial charge in [0.15, 0.2) is 0 Å². The molecule has 0 spiro atoms. The van der Waals surface area contributed by atoms with Crippen molar-refractivity contribution in [3.05, 3.63) is 0 Å². The van der Waals surface area contributed by atoms with Gasteiger partial charge in [-0.15, -0.1) is 0 Å². The SMILES string of the molecule is CCC(CC)OOOOO.O=C(O)O.O=C(O)O. The highest BCUT2D eigenvalue weighted by molar-refractivity contribution is 5.53. The van der Waals surface area contributed by atoms with E-state index >= 15 is 0 Å². The summed E-state index contributed by atoms with van der Waals surface area (Å²) >= 11 is 0. The smallest absolute Gasteiger partial charge is 0.450 e. The van der Waals surface area contributed by atoms with Crippen LogP contribution in [0.4, 0.5) is 9.59 Å². The third-order valence-corrected chi connectivity index (χ3v) is 1.14. The minimum Gasteiger partial charge on any atom is -0.450 e. The van der Waals surface area contributed by atoms with E-state index < -0.39 is 12.3 Å². The molecule has 5 N–H and O–H groups in total. The Kier molecular flexibility index (Phi) is 21.3. The molecule has 0 saturated heterocycles. The second kappa shape index (κ2) is 17.7. The number of rotatable bonds is 6. The Labute approximate surface area is 101 Å². The van der Waals surface area contributed by atoms with E-state index in [4.69, 9.17) is 35.3 Å². The first-order chi connectivity index (χ1) is 8.31. The molecule has 18 heavy (non-hydrogen) atoms. The average Bonchev–Trinajstić information content (AvgIpc) is 2.23. The predicted octanol–water partition coefficient (Wildman–Crippen LogP) is 1.90. The van der Waals surface area contributed by atoms with Crippen molar-refractivity contribution in [3.63, 3.8) is 0 Å². The van der Waals surface area contributed by atoms with Gasteiger partial charge in [-0.3, -0.25) is 0 Å². The molecule has 0 fully saturated rings. The summed E-state index contributed by atoms with van der Waals surface area (Å²) in [5.74, 6) is 0. The molecule has 0 bridgehead atoms. The molecule has 0 aromatic carbocycles. The zero-order valence-corrected chi connectivity index (χ0v) is 9.68. The highest BCUT2D eigenvalue weighted by Gasteiger charge is 2.04. The fraction of sp³-hybridized carbons (Fsp3) is 0.714. The van der Waals surface area contributed by atoms with Gasteiger partial charge in [0.05, 0.1) is 6.10 Å². The maximum atomic E-state index is 8.56. The largest absolute Gasteiger partial charge is 0.503 e. The summed E-state index contributed by atoms with van der Waals surface area (Å²) < 4.78 is 0. The molecule has 0 saturated carbocycles. The van der Waals surface area contributed by atoms with Crippen LogP contribution in [0.1, 0.15) is 26.7 Å². The van der Waals surface area contributed by atoms with Gasteiger partial charge in [-0.05, 0) is 28.0 Å². The Morgan fingerprint density at radius 2 is 1.28 bits per heavy atom. The summed E-state index contributed by atoms with van der Waals surface area (Å²) in [6.45, 7) is 3.88. The Bertz CT molecular complexity index is 170. The molecule has 0 aliphatic rings. The van der Waals surface area contributed by atoms with E-state index in [0.29, 0.717) is 0 Å². The van der Waals surface area contributed by atoms with Crippen molar-refractivity contribution in [2.75, 3.05) is 0 Å². The molecule has 0 unspecified atom stereocenters. The van der Waals surface area contributed by atoms with Crippen LogP contribution in [0.2, 0.25) is 0 Å². The second-order valence-electron chi connectivity index (χ2n) is 2.31. The molecule has 0 aromatic heterocycles. The first-order valence-electron chi connectivity index (χ1n) is 4.45. The zero-order chi connectivity index (χ0) is 15.0. The van der Waals surface area contributed by atoms with Crippen LogP contribution in [-0.4, -0.2) is 44.1 Å². The Hall–Kier alpha value is -1.66. The Morgan fingerprint density at radius 1 is 0.944 bits per heavy atom. The predicted molar refractivity (Wildman–Crippen MR) is 52.6 cm³/mol. The molecule has 11 heteroatoms. The van der Waals surface area contributed by atoms with Crippen LogP contribution >= 0.6 is 0 Å². The number of hydrogen-bond acceptors (Lipinski definition) is 7. The van der Waals surface area contributed by atoms with Crippen molar-refractivity contribution in [3.8, 4) is 0 Å². The normalized spacial score (nSPS) is 8.67. The number of hydrogen-bond donors (Lipinski definition) is 5. The fourth-order valence-electron chi connectivity index (χ4n) is 0.509. The molecule has 0 atom stereocenters. The molecular weight excluding hydrogens is 260 g/mol. The van der Waals surface area contributed by atoms with E-state index in [1.807, 2.05) is 13.8 Å². The summed E-state index contributed by atoms with van der Waals surface area (Å²) in [5, 5.41) is 46.2. The van der Waals surface area contributed by atoms with Crippen LogP contribution < -0.4 is 0 Å². The first-order valence-corrected chi connectivity index (χ1v) is 4.45. The van der Waals surface area contributed by atoms with Gasteiger partial charge in [-0.2, -0.15) is 0 Å². The van der Waals surface area contributed by atoms with E-state index in [9.17, 15) is 0 Å². The third-order valence-electron chi connectivity index (χ3n) is 1.14. The van der Waals surface area contributed by atoms with Crippen molar-refractivity contribution in [2.45, 2.75) is 32.8 Å². The van der Waals surface area contributed by atoms with Crippen LogP contribution in [0.5, 0.6) is 0 Å². The van der Waals surface area contributed by atoms with Crippen LogP contribution in [0, 0.1) is 0 Å². The minimum absolute atomic E-state index is 0.0323. The summed E-state index contributed by atoms with van der Waals surface area (Å²) in [5.41, 5.74) is 0. The van der Waals surface area contributed by atoms with Gasteiger partial charge in [0.25, 0.3) is 0 Å². The second-order valence-corrected chi connectivity index (χ2v) is 2.31. The standard InChI is InChI=1S/C5H12O5.2CH2O3/c1-3-5(4-2)7-9-10-8-6;2*2-1(3)4/h5-6H,3-4H2,1-2H3;2*(H2,2,3,4). The lowest BCUT2D eigenvalue weighted by Crippen LogP contribution is -2.10. The number of carbonyl (C=O) groups is 2. The highest BCUT2D eigenvalue weighted by Crippen LogP contribution is 2.02. The lowest BCUT2D eigenvalue weighted by molar-refractivity contribution is -0.707. The molecule has 0 aliphatic heterocycles. The third kappa shape index (κ3) is 47.4. The molecule has 0 aromatic rings. The molecule has 0 rings (SSSR count). The summed E-state index contributed by atoms with van der Waals surface area (Å²) in [6.07, 6.45) is -2.08. The van der Waals surface area contributed by atoms with Crippen molar-refractivity contribution in [1.29, 1.82) is 0 Å². The van der Waals surface area contributed by atoms with Gasteiger partial charge in [0.1, 0.15) is 0 Å². The van der Waals surface area contributed by atoms with E-state index in [0.717, 1.165) is 12.8 Å². The molecule has 0 aliphatic carbocycles. The fourth-order valence-corrected chi connectivity index (χ4v) is 0.509. The van der Waals surface area contributed by atoms with Crippen molar-refractivity contribution in [1.82, 2.24) is 0 Å². The van der Waals surface area contributed by atoms with Gasteiger partial charge in [-0.25, -0.2) is 19.7 Å². The van der Waals surface area contributed by atoms with Crippen molar-refractivity contribution < 1.29 is 55.3 Å². The first kappa shape index (κ1) is 21.6. The average molecular weight is 276 g/mol. The molecule has 110 valence electrons. The molecule has 0 radical (unpaired) electrons. The number of carboxylic acid groups (broad SMARTS) is 4. The maximum absolute atomic E-state index is 8.56. The quantitative estimate of drug-likeness (QED) is 0.272. The lowest BCUT2D eigenvalue weighted by atomic mass is 10.2. The van der Waals surface area contributed by atoms with E-state index in [1.54, 1.807) is 0 Å². The zero-order valence-electron chi connectivity index (χ0n) is 9.68. The van der Waals surface area contributed by atoms with Crippen LogP contribution in [0.25, 0.3) is 0 Å². The molecule has 11 nitrogen and oxygen atoms in total. The summed E-state index contributed by atoms with van der Waals surface area (Å²) in [7, 11) is 0. The van der Waals surface area contributed by atoms with Crippen LogP contribution in [-0.2, 0) is 20.0 Å². The van der Waals surface area contributed by atoms with Gasteiger partial charge in [-0.1, -0.05) is 13.8 Å². The van der Waals surface area contributed by atoms with Gasteiger partial charge >= 0.3 is 12.3 Å². The Balaban J connectivity index is -0.000000233. The van der Waals surface area contributed by atoms with Gasteiger partial charge in [0.2, 0.25) is 0 Å². The van der Waals surface area contributed by atoms with Crippen molar-refractivity contribution >= 4 is 12.3 Å². The van der Waals surface area contributed by atoms with Crippen LogP contribution in [0.3, 0.4) is 0 Å². The minimum atomic E-state index is -1.83. The Morgan fingerprint density at radius 3 is 1.50 bits per heavy atom. The molecule has 0 heterocycles. The van der Waals surface area contributed by atoms with Crippen LogP contribution in [0.15, 0.2) is 0 Å². The maximum Gasteiger partial charge on any atom is 0.503 e. The summed E-state index contributed by atoms with van der Waals surface area (Å²) in [4.78, 5) is 21.7. The van der Waals surface area contributed by atoms with Gasteiger partial charge < -0.3 is 20.4 Å². The monoisotopic (exact) mass is 276 g/mol. The molecular formula is C7H16O11.